The first-order chi connectivity index (χ1) is 13.0. The normalized spacial score (nSPS) is 18.2. The maximum atomic E-state index is 13.1. The number of aliphatic hydroxyl groups is 1. The third-order valence-corrected chi connectivity index (χ3v) is 4.90. The average molecular weight is 377 g/mol. The fourth-order valence-electron chi connectivity index (χ4n) is 3.15. The number of aliphatic hydroxyl groups excluding tert-OH is 1. The minimum absolute atomic E-state index is 0.249. The fourth-order valence-corrected chi connectivity index (χ4v) is 3.15. The van der Waals surface area contributed by atoms with E-state index >= 15 is 0 Å². The van der Waals surface area contributed by atoms with Crippen LogP contribution in [-0.4, -0.2) is 72.9 Å². The molecule has 8 heteroatoms. The Morgan fingerprint density at radius 3 is 2.59 bits per heavy atom. The van der Waals surface area contributed by atoms with E-state index in [0.717, 1.165) is 26.2 Å². The molecule has 0 amide bonds. The number of carbonyl (C=O) groups is 1. The quantitative estimate of drug-likeness (QED) is 0.765. The van der Waals surface area contributed by atoms with E-state index < -0.39 is 18.0 Å². The zero-order valence-corrected chi connectivity index (χ0v) is 15.5. The van der Waals surface area contributed by atoms with Crippen LogP contribution in [0.15, 0.2) is 34.9 Å². The van der Waals surface area contributed by atoms with Crippen molar-refractivity contribution < 1.29 is 23.6 Å². The summed E-state index contributed by atoms with van der Waals surface area (Å²) in [5.74, 6) is -1.22. The number of esters is 1. The van der Waals surface area contributed by atoms with Gasteiger partial charge >= 0.3 is 5.97 Å². The van der Waals surface area contributed by atoms with Crippen LogP contribution < -0.4 is 0 Å². The minimum Gasteiger partial charge on any atom is -0.469 e. The molecule has 146 valence electrons. The van der Waals surface area contributed by atoms with Crippen molar-refractivity contribution in [1.29, 1.82) is 0 Å². The molecule has 1 aliphatic rings. The average Bonchev–Trinajstić information content (AvgIpc) is 3.17. The smallest absolute Gasteiger partial charge is 0.313 e. The molecule has 0 saturated carbocycles. The summed E-state index contributed by atoms with van der Waals surface area (Å²) in [6.07, 6.45) is -1.16. The molecule has 27 heavy (non-hydrogen) atoms. The fraction of sp³-hybridized carbons (Fsp3) is 0.474. The van der Waals surface area contributed by atoms with Crippen molar-refractivity contribution in [2.75, 3.05) is 46.9 Å². The van der Waals surface area contributed by atoms with Crippen molar-refractivity contribution in [3.8, 4) is 11.3 Å². The van der Waals surface area contributed by atoms with Crippen LogP contribution in [0.25, 0.3) is 11.3 Å². The van der Waals surface area contributed by atoms with Crippen LogP contribution >= 0.6 is 0 Å². The van der Waals surface area contributed by atoms with E-state index in [1.807, 2.05) is 0 Å². The molecule has 2 heterocycles. The van der Waals surface area contributed by atoms with Crippen molar-refractivity contribution in [2.45, 2.75) is 6.10 Å². The number of aromatic nitrogens is 1. The van der Waals surface area contributed by atoms with E-state index in [0.29, 0.717) is 17.9 Å². The Morgan fingerprint density at radius 2 is 1.96 bits per heavy atom. The number of hydrogen-bond donors (Lipinski definition) is 1. The predicted molar refractivity (Wildman–Crippen MR) is 96.3 cm³/mol. The van der Waals surface area contributed by atoms with Crippen LogP contribution in [-0.2, 0) is 9.53 Å². The van der Waals surface area contributed by atoms with Gasteiger partial charge in [0.2, 0.25) is 0 Å². The summed E-state index contributed by atoms with van der Waals surface area (Å²) in [5, 5.41) is 14.7. The van der Waals surface area contributed by atoms with Crippen LogP contribution in [0.5, 0.6) is 0 Å². The first-order valence-corrected chi connectivity index (χ1v) is 8.87. The lowest BCUT2D eigenvalue weighted by atomic mass is 9.98. The van der Waals surface area contributed by atoms with Gasteiger partial charge in [-0.05, 0) is 31.3 Å². The number of carbonyl (C=O) groups excluding carboxylic acids is 1. The summed E-state index contributed by atoms with van der Waals surface area (Å²) in [6, 6.07) is 7.33. The lowest BCUT2D eigenvalue weighted by molar-refractivity contribution is -0.151. The van der Waals surface area contributed by atoms with Crippen molar-refractivity contribution in [2.24, 2.45) is 5.92 Å². The van der Waals surface area contributed by atoms with E-state index in [-0.39, 0.29) is 11.5 Å². The van der Waals surface area contributed by atoms with Gasteiger partial charge in [-0.2, -0.15) is 0 Å². The number of halogens is 1. The number of rotatable bonds is 6. The minimum atomic E-state index is -1.16. The van der Waals surface area contributed by atoms with Gasteiger partial charge in [-0.1, -0.05) is 5.16 Å². The third kappa shape index (κ3) is 4.71. The molecule has 0 radical (unpaired) electrons. The van der Waals surface area contributed by atoms with E-state index in [1.54, 1.807) is 18.2 Å². The lowest BCUT2D eigenvalue weighted by Gasteiger charge is -2.34. The molecule has 1 aliphatic heterocycles. The van der Waals surface area contributed by atoms with Crippen molar-refractivity contribution in [3.05, 3.63) is 41.8 Å². The zero-order chi connectivity index (χ0) is 19.4. The van der Waals surface area contributed by atoms with Crippen LogP contribution in [0.3, 0.4) is 0 Å². The first kappa shape index (κ1) is 19.5. The summed E-state index contributed by atoms with van der Waals surface area (Å²) in [4.78, 5) is 16.6. The Morgan fingerprint density at radius 1 is 1.30 bits per heavy atom. The predicted octanol–water partition coefficient (Wildman–Crippen LogP) is 1.55. The summed E-state index contributed by atoms with van der Waals surface area (Å²) in [5.41, 5.74) is 0.884. The van der Waals surface area contributed by atoms with Gasteiger partial charge in [0.15, 0.2) is 5.76 Å². The summed E-state index contributed by atoms with van der Waals surface area (Å²) in [7, 11) is 3.36. The number of likely N-dealkylation sites (N-methyl/N-ethyl adjacent to an activating group) is 1. The number of hydrogen-bond acceptors (Lipinski definition) is 7. The highest BCUT2D eigenvalue weighted by atomic mass is 19.1. The molecule has 0 bridgehead atoms. The van der Waals surface area contributed by atoms with Gasteiger partial charge in [0, 0.05) is 44.4 Å². The zero-order valence-electron chi connectivity index (χ0n) is 15.5. The van der Waals surface area contributed by atoms with Crippen molar-refractivity contribution in [1.82, 2.24) is 15.0 Å². The Kier molecular flexibility index (Phi) is 6.20. The molecular formula is C19H24FN3O4. The maximum absolute atomic E-state index is 13.1. The van der Waals surface area contributed by atoms with E-state index in [4.69, 9.17) is 9.26 Å². The van der Waals surface area contributed by atoms with E-state index in [9.17, 15) is 14.3 Å². The highest BCUT2D eigenvalue weighted by Crippen LogP contribution is 2.28. The Balaban J connectivity index is 1.74. The molecule has 3 rings (SSSR count). The second kappa shape index (κ2) is 8.60. The Labute approximate surface area is 157 Å². The van der Waals surface area contributed by atoms with Crippen LogP contribution in [0.4, 0.5) is 4.39 Å². The molecule has 7 nitrogen and oxygen atoms in total. The number of benzene rings is 1. The van der Waals surface area contributed by atoms with Crippen LogP contribution in [0.1, 0.15) is 11.8 Å². The molecule has 2 aromatic rings. The number of piperazine rings is 1. The van der Waals surface area contributed by atoms with Crippen LogP contribution in [0.2, 0.25) is 0 Å². The maximum Gasteiger partial charge on any atom is 0.313 e. The summed E-state index contributed by atoms with van der Waals surface area (Å²) in [6.45, 7) is 3.82. The number of ether oxygens (including phenoxy) is 1. The second-order valence-electron chi connectivity index (χ2n) is 6.80. The Hall–Kier alpha value is -2.29. The van der Waals surface area contributed by atoms with Gasteiger partial charge in [0.1, 0.15) is 23.5 Å². The van der Waals surface area contributed by atoms with Gasteiger partial charge in [-0.15, -0.1) is 0 Å². The molecule has 0 aliphatic carbocycles. The molecule has 0 spiro atoms. The standard InChI is InChI=1S/C19H24FN3O4/c1-22-7-9-23(10-8-22)12-15(19(25)26-2)18(24)16-11-17(27-21-16)13-3-5-14(20)6-4-13/h3-6,11,15,18,24H,7-10,12H2,1-2H3/t15-,18-/m1/s1. The van der Waals surface area contributed by atoms with Gasteiger partial charge in [0.05, 0.1) is 7.11 Å². The summed E-state index contributed by atoms with van der Waals surface area (Å²) < 4.78 is 23.2. The first-order valence-electron chi connectivity index (χ1n) is 8.87. The highest BCUT2D eigenvalue weighted by molar-refractivity contribution is 5.73. The molecular weight excluding hydrogens is 353 g/mol. The van der Waals surface area contributed by atoms with Crippen LogP contribution in [0, 0.1) is 11.7 Å². The molecule has 0 unspecified atom stereocenters. The molecule has 1 aromatic carbocycles. The molecule has 1 saturated heterocycles. The SMILES string of the molecule is COC(=O)[C@H](CN1CCN(C)CC1)[C@@H](O)c1cc(-c2ccc(F)cc2)on1. The van der Waals surface area contributed by atoms with Crippen molar-refractivity contribution >= 4 is 5.97 Å². The van der Waals surface area contributed by atoms with E-state index in [1.165, 1.54) is 19.2 Å². The molecule has 1 N–H and O–H groups in total. The number of nitrogens with zero attached hydrogens (tertiary/aromatic N) is 3. The van der Waals surface area contributed by atoms with Gasteiger partial charge in [0.25, 0.3) is 0 Å². The topological polar surface area (TPSA) is 79.0 Å². The lowest BCUT2D eigenvalue weighted by Crippen LogP contribution is -2.48. The third-order valence-electron chi connectivity index (χ3n) is 4.90. The van der Waals surface area contributed by atoms with E-state index in [2.05, 4.69) is 22.0 Å². The second-order valence-corrected chi connectivity index (χ2v) is 6.80. The van der Waals surface area contributed by atoms with Gasteiger partial charge in [-0.3, -0.25) is 9.69 Å². The summed E-state index contributed by atoms with van der Waals surface area (Å²) >= 11 is 0. The highest BCUT2D eigenvalue weighted by Gasteiger charge is 2.33. The largest absolute Gasteiger partial charge is 0.469 e. The van der Waals surface area contributed by atoms with Crippen molar-refractivity contribution in [3.63, 3.8) is 0 Å². The van der Waals surface area contributed by atoms with Gasteiger partial charge < -0.3 is 19.3 Å². The monoisotopic (exact) mass is 377 g/mol. The number of methoxy groups -OCH3 is 1. The molecule has 2 atom stereocenters. The Bertz CT molecular complexity index is 757. The van der Waals surface area contributed by atoms with Gasteiger partial charge in [-0.25, -0.2) is 4.39 Å². The molecule has 1 fully saturated rings. The molecule has 1 aromatic heterocycles.